The van der Waals surface area contributed by atoms with Crippen molar-refractivity contribution in [2.24, 2.45) is 0 Å². The Bertz CT molecular complexity index is 261. The van der Waals surface area contributed by atoms with Crippen LogP contribution in [-0.4, -0.2) is 68.7 Å². The maximum absolute atomic E-state index is 11.9. The highest BCUT2D eigenvalue weighted by molar-refractivity contribution is 5.74. The largest absolute Gasteiger partial charge is 0.371 e. The van der Waals surface area contributed by atoms with E-state index in [9.17, 15) is 4.79 Å². The van der Waals surface area contributed by atoms with Crippen molar-refractivity contribution in [3.05, 3.63) is 0 Å². The number of nitrogens with one attached hydrogen (secondary N) is 1. The number of epoxide rings is 3. The van der Waals surface area contributed by atoms with Crippen LogP contribution >= 0.6 is 0 Å². The molecule has 0 aromatic heterocycles. The number of nitrogens with zero attached hydrogens (tertiary/aromatic N) is 1. The molecule has 3 heterocycles. The lowest BCUT2D eigenvalue weighted by Gasteiger charge is -2.21. The molecule has 0 radical (unpaired) electrons. The van der Waals surface area contributed by atoms with Crippen LogP contribution in [-0.2, 0) is 14.2 Å². The van der Waals surface area contributed by atoms with E-state index in [0.29, 0.717) is 19.6 Å². The smallest absolute Gasteiger partial charge is 0.317 e. The van der Waals surface area contributed by atoms with E-state index in [2.05, 4.69) is 5.32 Å². The fourth-order valence-electron chi connectivity index (χ4n) is 1.58. The van der Waals surface area contributed by atoms with Crippen molar-refractivity contribution in [2.75, 3.05) is 39.5 Å². The fraction of sp³-hybridized carbons (Fsp3) is 0.909. The summed E-state index contributed by atoms with van der Waals surface area (Å²) in [4.78, 5) is 13.6. The van der Waals surface area contributed by atoms with Crippen LogP contribution in [0.5, 0.6) is 0 Å². The lowest BCUT2D eigenvalue weighted by molar-refractivity contribution is 0.184. The molecule has 0 aliphatic carbocycles. The standard InChI is InChI=1S/C10H16N2O4.CH4/c13-10(11-1-7-4-14-7)12(2-8-5-15-8)3-9-6-16-9;/h7-9H,1-6H2,(H,11,13);1H4. The van der Waals surface area contributed by atoms with Crippen molar-refractivity contribution in [2.45, 2.75) is 25.7 Å². The molecule has 98 valence electrons. The second kappa shape index (κ2) is 5.20. The molecule has 2 amide bonds. The van der Waals surface area contributed by atoms with Crippen molar-refractivity contribution >= 4 is 6.03 Å². The zero-order valence-electron chi connectivity index (χ0n) is 9.05. The van der Waals surface area contributed by atoms with Gasteiger partial charge in [0.05, 0.1) is 51.2 Å². The normalized spacial score (nSPS) is 32.4. The number of amides is 2. The molecule has 3 fully saturated rings. The average Bonchev–Trinajstić information content (AvgIpc) is 3.14. The highest BCUT2D eigenvalue weighted by Gasteiger charge is 2.33. The van der Waals surface area contributed by atoms with Gasteiger partial charge in [0.25, 0.3) is 0 Å². The summed E-state index contributed by atoms with van der Waals surface area (Å²) in [7, 11) is 0. The number of hydrogen-bond donors (Lipinski definition) is 1. The Balaban J connectivity index is 0.00000108. The molecule has 3 rings (SSSR count). The summed E-state index contributed by atoms with van der Waals surface area (Å²) in [6.45, 7) is 4.22. The minimum atomic E-state index is -0.0403. The van der Waals surface area contributed by atoms with E-state index >= 15 is 0 Å². The lowest BCUT2D eigenvalue weighted by Crippen LogP contribution is -2.45. The zero-order valence-corrected chi connectivity index (χ0v) is 9.05. The first-order valence-electron chi connectivity index (χ1n) is 5.69. The molecule has 6 heteroatoms. The van der Waals surface area contributed by atoms with Gasteiger partial charge in [0.15, 0.2) is 0 Å². The average molecular weight is 244 g/mol. The van der Waals surface area contributed by atoms with E-state index in [1.165, 1.54) is 0 Å². The van der Waals surface area contributed by atoms with Crippen molar-refractivity contribution in [3.8, 4) is 0 Å². The molecule has 17 heavy (non-hydrogen) atoms. The first kappa shape index (κ1) is 12.6. The van der Waals surface area contributed by atoms with Gasteiger partial charge in [-0.3, -0.25) is 0 Å². The van der Waals surface area contributed by atoms with Gasteiger partial charge in [0, 0.05) is 6.54 Å². The molecule has 6 nitrogen and oxygen atoms in total. The third kappa shape index (κ3) is 4.14. The molecule has 1 N–H and O–H groups in total. The number of urea groups is 1. The summed E-state index contributed by atoms with van der Waals surface area (Å²) in [6, 6.07) is -0.0403. The van der Waals surface area contributed by atoms with Gasteiger partial charge >= 0.3 is 6.03 Å². The predicted octanol–water partition coefficient (Wildman–Crippen LogP) is -0.169. The van der Waals surface area contributed by atoms with E-state index in [4.69, 9.17) is 14.2 Å². The number of ether oxygens (including phenoxy) is 3. The van der Waals surface area contributed by atoms with Crippen molar-refractivity contribution in [3.63, 3.8) is 0 Å². The summed E-state index contributed by atoms with van der Waals surface area (Å²) >= 11 is 0. The highest BCUT2D eigenvalue weighted by Crippen LogP contribution is 2.16. The molecular formula is C11H20N2O4. The van der Waals surface area contributed by atoms with Gasteiger partial charge < -0.3 is 24.4 Å². The van der Waals surface area contributed by atoms with Crippen LogP contribution in [0, 0.1) is 0 Å². The van der Waals surface area contributed by atoms with Gasteiger partial charge in [0.2, 0.25) is 0 Å². The Labute approximate surface area is 101 Å². The number of carbonyl (C=O) groups excluding carboxylic acids is 1. The first-order chi connectivity index (χ1) is 7.81. The highest BCUT2D eigenvalue weighted by atomic mass is 16.6. The molecule has 3 unspecified atom stereocenters. The number of carbonyl (C=O) groups is 1. The quantitative estimate of drug-likeness (QED) is 0.659. The van der Waals surface area contributed by atoms with Gasteiger partial charge in [0.1, 0.15) is 0 Å². The van der Waals surface area contributed by atoms with Gasteiger partial charge in [-0.1, -0.05) is 7.43 Å². The van der Waals surface area contributed by atoms with Crippen molar-refractivity contribution in [1.82, 2.24) is 10.2 Å². The van der Waals surface area contributed by atoms with Gasteiger partial charge in [-0.05, 0) is 0 Å². The first-order valence-corrected chi connectivity index (χ1v) is 5.69. The van der Waals surface area contributed by atoms with Crippen LogP contribution < -0.4 is 5.32 Å². The lowest BCUT2D eigenvalue weighted by atomic mass is 10.3. The molecule has 0 saturated carbocycles. The van der Waals surface area contributed by atoms with E-state index in [1.54, 1.807) is 4.90 Å². The van der Waals surface area contributed by atoms with Crippen LogP contribution in [0.2, 0.25) is 0 Å². The summed E-state index contributed by atoms with van der Waals surface area (Å²) in [5, 5.41) is 2.86. The zero-order chi connectivity index (χ0) is 11.0. The maximum Gasteiger partial charge on any atom is 0.317 e. The second-order valence-electron chi connectivity index (χ2n) is 4.46. The molecular weight excluding hydrogens is 224 g/mol. The maximum atomic E-state index is 11.9. The number of hydrogen-bond acceptors (Lipinski definition) is 4. The van der Waals surface area contributed by atoms with Gasteiger partial charge in [-0.15, -0.1) is 0 Å². The molecule has 0 spiro atoms. The molecule has 3 atom stereocenters. The summed E-state index contributed by atoms with van der Waals surface area (Å²) < 4.78 is 15.3. The fourth-order valence-corrected chi connectivity index (χ4v) is 1.58. The van der Waals surface area contributed by atoms with Gasteiger partial charge in [-0.25, -0.2) is 4.79 Å². The summed E-state index contributed by atoms with van der Waals surface area (Å²) in [6.07, 6.45) is 0.670. The summed E-state index contributed by atoms with van der Waals surface area (Å²) in [5.41, 5.74) is 0. The monoisotopic (exact) mass is 244 g/mol. The molecule has 3 aliphatic rings. The van der Waals surface area contributed by atoms with Crippen LogP contribution in [0.4, 0.5) is 4.79 Å². The Morgan fingerprint density at radius 1 is 1.06 bits per heavy atom. The predicted molar refractivity (Wildman–Crippen MR) is 60.9 cm³/mol. The van der Waals surface area contributed by atoms with Crippen LogP contribution in [0.25, 0.3) is 0 Å². The Morgan fingerprint density at radius 2 is 1.53 bits per heavy atom. The van der Waals surface area contributed by atoms with Crippen LogP contribution in [0.1, 0.15) is 7.43 Å². The third-order valence-electron chi connectivity index (χ3n) is 2.82. The summed E-state index contributed by atoms with van der Waals surface area (Å²) in [5.74, 6) is 0. The van der Waals surface area contributed by atoms with Crippen LogP contribution in [0.15, 0.2) is 0 Å². The van der Waals surface area contributed by atoms with E-state index in [0.717, 1.165) is 19.8 Å². The molecule has 0 aromatic carbocycles. The molecule has 0 bridgehead atoms. The van der Waals surface area contributed by atoms with E-state index < -0.39 is 0 Å². The van der Waals surface area contributed by atoms with Gasteiger partial charge in [-0.2, -0.15) is 0 Å². The molecule has 0 aromatic rings. The van der Waals surface area contributed by atoms with Crippen molar-refractivity contribution in [1.29, 1.82) is 0 Å². The minimum Gasteiger partial charge on any atom is -0.371 e. The van der Waals surface area contributed by atoms with Crippen molar-refractivity contribution < 1.29 is 19.0 Å². The Morgan fingerprint density at radius 3 is 1.94 bits per heavy atom. The number of rotatable bonds is 6. The van der Waals surface area contributed by atoms with E-state index in [-0.39, 0.29) is 31.8 Å². The second-order valence-corrected chi connectivity index (χ2v) is 4.46. The Kier molecular flexibility index (Phi) is 3.86. The van der Waals surface area contributed by atoms with E-state index in [1.807, 2.05) is 0 Å². The minimum absolute atomic E-state index is 0. The SMILES string of the molecule is C.O=C(NCC1CO1)N(CC1CO1)CC1CO1. The molecule has 3 saturated heterocycles. The topological polar surface area (TPSA) is 69.9 Å². The third-order valence-corrected chi connectivity index (χ3v) is 2.82. The van der Waals surface area contributed by atoms with Crippen LogP contribution in [0.3, 0.4) is 0 Å². The molecule has 3 aliphatic heterocycles. The Hall–Kier alpha value is -0.850.